The van der Waals surface area contributed by atoms with Gasteiger partial charge in [0.15, 0.2) is 0 Å². The molecule has 0 bridgehead atoms. The SMILES string of the molecule is CC(NC(=O)c1cc2c(s1)CCC2)C1CCCNC1.Cl. The van der Waals surface area contributed by atoms with E-state index in [0.29, 0.717) is 5.92 Å². The Morgan fingerprint density at radius 3 is 3.00 bits per heavy atom. The molecule has 1 aromatic rings. The summed E-state index contributed by atoms with van der Waals surface area (Å²) in [5.41, 5.74) is 1.40. The number of hydrogen-bond acceptors (Lipinski definition) is 3. The first-order valence-corrected chi connectivity index (χ1v) is 8.19. The minimum Gasteiger partial charge on any atom is -0.349 e. The zero-order chi connectivity index (χ0) is 13.2. The minimum absolute atomic E-state index is 0. The predicted octanol–water partition coefficient (Wildman–Crippen LogP) is 2.78. The van der Waals surface area contributed by atoms with Crippen LogP contribution < -0.4 is 10.6 Å². The van der Waals surface area contributed by atoms with Crippen molar-refractivity contribution in [3.8, 4) is 0 Å². The van der Waals surface area contributed by atoms with E-state index in [1.807, 2.05) is 0 Å². The quantitative estimate of drug-likeness (QED) is 0.901. The van der Waals surface area contributed by atoms with Gasteiger partial charge in [-0.25, -0.2) is 0 Å². The summed E-state index contributed by atoms with van der Waals surface area (Å²) in [5, 5.41) is 6.60. The monoisotopic (exact) mass is 314 g/mol. The average Bonchev–Trinajstić information content (AvgIpc) is 3.00. The molecule has 2 unspecified atom stereocenters. The molecule has 1 aliphatic heterocycles. The van der Waals surface area contributed by atoms with Crippen molar-refractivity contribution in [1.29, 1.82) is 0 Å². The van der Waals surface area contributed by atoms with E-state index in [9.17, 15) is 4.79 Å². The molecule has 1 fully saturated rings. The van der Waals surface area contributed by atoms with Gasteiger partial charge >= 0.3 is 0 Å². The van der Waals surface area contributed by atoms with E-state index in [1.54, 1.807) is 11.3 Å². The van der Waals surface area contributed by atoms with Gasteiger partial charge in [0.25, 0.3) is 5.91 Å². The summed E-state index contributed by atoms with van der Waals surface area (Å²) in [5.74, 6) is 0.696. The van der Waals surface area contributed by atoms with Crippen molar-refractivity contribution < 1.29 is 4.79 Å². The first-order valence-electron chi connectivity index (χ1n) is 7.37. The lowest BCUT2D eigenvalue weighted by Crippen LogP contribution is -2.44. The topological polar surface area (TPSA) is 41.1 Å². The van der Waals surface area contributed by atoms with Crippen molar-refractivity contribution in [3.63, 3.8) is 0 Å². The number of carbonyl (C=O) groups is 1. The predicted molar refractivity (Wildman–Crippen MR) is 86.1 cm³/mol. The van der Waals surface area contributed by atoms with Crippen molar-refractivity contribution in [1.82, 2.24) is 10.6 Å². The largest absolute Gasteiger partial charge is 0.349 e. The Bertz CT molecular complexity index is 447. The molecule has 0 spiro atoms. The van der Waals surface area contributed by atoms with Crippen LogP contribution in [0, 0.1) is 5.92 Å². The van der Waals surface area contributed by atoms with Crippen LogP contribution in [0.2, 0.25) is 0 Å². The van der Waals surface area contributed by atoms with E-state index in [4.69, 9.17) is 0 Å². The lowest BCUT2D eigenvalue weighted by molar-refractivity contribution is 0.0926. The molecule has 2 heterocycles. The van der Waals surface area contributed by atoms with Gasteiger partial charge in [0.1, 0.15) is 0 Å². The lowest BCUT2D eigenvalue weighted by atomic mass is 9.93. The number of fused-ring (bicyclic) bond motifs is 1. The van der Waals surface area contributed by atoms with Crippen LogP contribution in [0.25, 0.3) is 0 Å². The molecule has 2 N–H and O–H groups in total. The standard InChI is InChI=1S/C15H22N2OS.ClH/c1-10(12-5-3-7-16-9-12)17-15(18)14-8-11-4-2-6-13(11)19-14;/h8,10,12,16H,2-7,9H2,1H3,(H,17,18);1H. The van der Waals surface area contributed by atoms with Crippen LogP contribution in [0.4, 0.5) is 0 Å². The number of piperidine rings is 1. The van der Waals surface area contributed by atoms with Gasteiger partial charge in [-0.1, -0.05) is 0 Å². The van der Waals surface area contributed by atoms with Crippen molar-refractivity contribution >= 4 is 29.7 Å². The Morgan fingerprint density at radius 2 is 2.30 bits per heavy atom. The highest BCUT2D eigenvalue weighted by Crippen LogP contribution is 2.30. The highest BCUT2D eigenvalue weighted by molar-refractivity contribution is 7.14. The fourth-order valence-electron chi connectivity index (χ4n) is 3.14. The zero-order valence-electron chi connectivity index (χ0n) is 11.9. The Balaban J connectivity index is 0.00000147. The van der Waals surface area contributed by atoms with Gasteiger partial charge in [0.2, 0.25) is 0 Å². The van der Waals surface area contributed by atoms with Crippen LogP contribution in [-0.4, -0.2) is 25.0 Å². The van der Waals surface area contributed by atoms with Crippen molar-refractivity contribution in [2.45, 2.75) is 45.1 Å². The van der Waals surface area contributed by atoms with Crippen LogP contribution >= 0.6 is 23.7 Å². The van der Waals surface area contributed by atoms with Crippen molar-refractivity contribution in [3.05, 3.63) is 21.4 Å². The van der Waals surface area contributed by atoms with E-state index in [1.165, 1.54) is 29.7 Å². The normalized spacial score (nSPS) is 22.8. The third-order valence-electron chi connectivity index (χ3n) is 4.37. The van der Waals surface area contributed by atoms with E-state index in [-0.39, 0.29) is 24.4 Å². The van der Waals surface area contributed by atoms with E-state index in [2.05, 4.69) is 23.6 Å². The van der Waals surface area contributed by atoms with E-state index in [0.717, 1.165) is 30.8 Å². The number of hydrogen-bond donors (Lipinski definition) is 2. The molecule has 0 saturated carbocycles. The molecule has 3 rings (SSSR count). The minimum atomic E-state index is 0. The molecule has 3 nitrogen and oxygen atoms in total. The Labute approximate surface area is 130 Å². The van der Waals surface area contributed by atoms with Crippen molar-refractivity contribution in [2.24, 2.45) is 5.92 Å². The molecule has 0 aromatic carbocycles. The summed E-state index contributed by atoms with van der Waals surface area (Å²) in [6.45, 7) is 4.29. The number of halogens is 1. The smallest absolute Gasteiger partial charge is 0.261 e. The molecule has 2 atom stereocenters. The molecule has 0 radical (unpaired) electrons. The lowest BCUT2D eigenvalue weighted by Gasteiger charge is -2.28. The third kappa shape index (κ3) is 3.35. The number of nitrogens with one attached hydrogen (secondary N) is 2. The molecule has 1 saturated heterocycles. The Kier molecular flexibility index (Phi) is 5.47. The molecular formula is C15H23ClN2OS. The number of rotatable bonds is 3. The maximum atomic E-state index is 12.3. The van der Waals surface area contributed by atoms with Crippen LogP contribution in [0.1, 0.15) is 46.3 Å². The number of carbonyl (C=O) groups excluding carboxylic acids is 1. The molecule has 5 heteroatoms. The van der Waals surface area contributed by atoms with Gasteiger partial charge in [-0.05, 0) is 69.7 Å². The summed E-state index contributed by atoms with van der Waals surface area (Å²) in [6, 6.07) is 2.37. The fourth-order valence-corrected chi connectivity index (χ4v) is 4.30. The molecule has 1 aromatic heterocycles. The molecule has 20 heavy (non-hydrogen) atoms. The number of aryl methyl sites for hydroxylation is 2. The van der Waals surface area contributed by atoms with Crippen LogP contribution in [0.15, 0.2) is 6.07 Å². The molecular weight excluding hydrogens is 292 g/mol. The van der Waals surface area contributed by atoms with Crippen LogP contribution in [-0.2, 0) is 12.8 Å². The van der Waals surface area contributed by atoms with Gasteiger partial charge in [-0.2, -0.15) is 0 Å². The Hall–Kier alpha value is -0.580. The second-order valence-electron chi connectivity index (χ2n) is 5.78. The second-order valence-corrected chi connectivity index (χ2v) is 6.92. The maximum Gasteiger partial charge on any atom is 0.261 e. The average molecular weight is 315 g/mol. The first-order chi connectivity index (χ1) is 9.24. The summed E-state index contributed by atoms with van der Waals surface area (Å²) in [6.07, 6.45) is 6.01. The maximum absolute atomic E-state index is 12.3. The molecule has 2 aliphatic rings. The van der Waals surface area contributed by atoms with E-state index >= 15 is 0 Å². The van der Waals surface area contributed by atoms with Crippen LogP contribution in [0.3, 0.4) is 0 Å². The zero-order valence-corrected chi connectivity index (χ0v) is 13.5. The highest BCUT2D eigenvalue weighted by Gasteiger charge is 2.23. The summed E-state index contributed by atoms with van der Waals surface area (Å²) in [7, 11) is 0. The summed E-state index contributed by atoms with van der Waals surface area (Å²) in [4.78, 5) is 14.6. The second kappa shape index (κ2) is 6.92. The summed E-state index contributed by atoms with van der Waals surface area (Å²) >= 11 is 1.69. The summed E-state index contributed by atoms with van der Waals surface area (Å²) < 4.78 is 0. The molecule has 1 amide bonds. The third-order valence-corrected chi connectivity index (χ3v) is 5.61. The van der Waals surface area contributed by atoms with Gasteiger partial charge in [-0.15, -0.1) is 23.7 Å². The highest BCUT2D eigenvalue weighted by atomic mass is 35.5. The van der Waals surface area contributed by atoms with Gasteiger partial charge in [0.05, 0.1) is 4.88 Å². The first kappa shape index (κ1) is 15.8. The van der Waals surface area contributed by atoms with E-state index < -0.39 is 0 Å². The van der Waals surface area contributed by atoms with Gasteiger partial charge in [-0.3, -0.25) is 4.79 Å². The van der Waals surface area contributed by atoms with Crippen LogP contribution in [0.5, 0.6) is 0 Å². The van der Waals surface area contributed by atoms with Gasteiger partial charge < -0.3 is 10.6 Å². The number of amides is 1. The van der Waals surface area contributed by atoms with Gasteiger partial charge in [0, 0.05) is 10.9 Å². The molecule has 112 valence electrons. The fraction of sp³-hybridized carbons (Fsp3) is 0.667. The number of thiophene rings is 1. The molecule has 1 aliphatic carbocycles. The Morgan fingerprint density at radius 1 is 1.45 bits per heavy atom. The van der Waals surface area contributed by atoms with Crippen molar-refractivity contribution in [2.75, 3.05) is 13.1 Å².